The van der Waals surface area contributed by atoms with Crippen molar-refractivity contribution >= 4 is 17.0 Å². The molecule has 1 aromatic heterocycles. The van der Waals surface area contributed by atoms with E-state index in [1.165, 1.54) is 44.6 Å². The number of halogens is 1. The molecule has 21 heavy (non-hydrogen) atoms. The fourth-order valence-corrected chi connectivity index (χ4v) is 5.92. The Hall–Kier alpha value is -1.58. The van der Waals surface area contributed by atoms with Gasteiger partial charge in [-0.05, 0) is 68.4 Å². The molecule has 1 aromatic carbocycles. The van der Waals surface area contributed by atoms with Crippen molar-refractivity contribution in [2.45, 2.75) is 44.1 Å². The molecule has 6 rings (SSSR count). The monoisotopic (exact) mass is 285 g/mol. The zero-order valence-electron chi connectivity index (χ0n) is 12.1. The lowest BCUT2D eigenvalue weighted by Gasteiger charge is -2.57. The van der Waals surface area contributed by atoms with Gasteiger partial charge in [0.15, 0.2) is 5.82 Å². The van der Waals surface area contributed by atoms with Crippen LogP contribution in [-0.2, 0) is 5.54 Å². The van der Waals surface area contributed by atoms with E-state index in [-0.39, 0.29) is 11.4 Å². The minimum atomic E-state index is -0.261. The predicted octanol–water partition coefficient (Wildman–Crippen LogP) is 3.68. The largest absolute Gasteiger partial charge is 0.369 e. The second-order valence-corrected chi connectivity index (χ2v) is 7.55. The van der Waals surface area contributed by atoms with Gasteiger partial charge in [0.1, 0.15) is 5.52 Å². The Labute approximate surface area is 123 Å². The molecule has 2 N–H and O–H groups in total. The first kappa shape index (κ1) is 12.0. The number of rotatable bonds is 1. The number of anilines is 1. The van der Waals surface area contributed by atoms with Crippen LogP contribution < -0.4 is 5.73 Å². The summed E-state index contributed by atoms with van der Waals surface area (Å²) in [4.78, 5) is 4.34. The lowest BCUT2D eigenvalue weighted by molar-refractivity contribution is -0.0398. The lowest BCUT2D eigenvalue weighted by atomic mass is 9.53. The number of fused-ring (bicyclic) bond motifs is 1. The van der Waals surface area contributed by atoms with Gasteiger partial charge in [-0.1, -0.05) is 6.07 Å². The highest BCUT2D eigenvalue weighted by molar-refractivity contribution is 5.79. The summed E-state index contributed by atoms with van der Waals surface area (Å²) in [6.45, 7) is 0. The molecule has 4 bridgehead atoms. The number of nitrogens with two attached hydrogens (primary N) is 1. The van der Waals surface area contributed by atoms with Gasteiger partial charge in [0, 0.05) is 5.54 Å². The van der Waals surface area contributed by atoms with Crippen molar-refractivity contribution in [3.05, 3.63) is 24.0 Å². The molecule has 4 heteroatoms. The SMILES string of the molecule is Nc1nc2c(F)cccc2n1C12CC3CC(CC(C3)C1)C2. The Balaban J connectivity index is 1.74. The van der Waals surface area contributed by atoms with E-state index in [0.717, 1.165) is 23.3 Å². The van der Waals surface area contributed by atoms with Crippen LogP contribution in [0, 0.1) is 23.6 Å². The summed E-state index contributed by atoms with van der Waals surface area (Å²) in [5, 5.41) is 0. The summed E-state index contributed by atoms with van der Waals surface area (Å²) in [5.74, 6) is 2.74. The maximum Gasteiger partial charge on any atom is 0.201 e. The summed E-state index contributed by atoms with van der Waals surface area (Å²) in [6, 6.07) is 5.22. The third kappa shape index (κ3) is 1.51. The molecular formula is C17H20FN3. The predicted molar refractivity (Wildman–Crippen MR) is 80.2 cm³/mol. The van der Waals surface area contributed by atoms with E-state index in [1.54, 1.807) is 6.07 Å². The van der Waals surface area contributed by atoms with Crippen molar-refractivity contribution in [1.29, 1.82) is 0 Å². The zero-order valence-corrected chi connectivity index (χ0v) is 12.1. The highest BCUT2D eigenvalue weighted by Gasteiger charge is 2.52. The summed E-state index contributed by atoms with van der Waals surface area (Å²) in [7, 11) is 0. The topological polar surface area (TPSA) is 43.8 Å². The van der Waals surface area contributed by atoms with Gasteiger partial charge in [0.05, 0.1) is 5.52 Å². The van der Waals surface area contributed by atoms with Crippen molar-refractivity contribution in [2.24, 2.45) is 17.8 Å². The third-order valence-corrected chi connectivity index (χ3v) is 6.14. The van der Waals surface area contributed by atoms with E-state index < -0.39 is 0 Å². The van der Waals surface area contributed by atoms with Gasteiger partial charge in [0.25, 0.3) is 0 Å². The van der Waals surface area contributed by atoms with Crippen LogP contribution in [0.4, 0.5) is 10.3 Å². The smallest absolute Gasteiger partial charge is 0.201 e. The van der Waals surface area contributed by atoms with Gasteiger partial charge in [0.2, 0.25) is 5.95 Å². The van der Waals surface area contributed by atoms with E-state index in [2.05, 4.69) is 9.55 Å². The number of nitrogens with zero attached hydrogens (tertiary/aromatic N) is 2. The van der Waals surface area contributed by atoms with Gasteiger partial charge < -0.3 is 10.3 Å². The third-order valence-electron chi connectivity index (χ3n) is 6.14. The molecule has 2 aromatic rings. The quantitative estimate of drug-likeness (QED) is 0.868. The molecule has 0 atom stereocenters. The van der Waals surface area contributed by atoms with Crippen LogP contribution in [-0.4, -0.2) is 9.55 Å². The van der Waals surface area contributed by atoms with E-state index in [1.807, 2.05) is 6.07 Å². The maximum absolute atomic E-state index is 14.0. The van der Waals surface area contributed by atoms with Crippen molar-refractivity contribution in [1.82, 2.24) is 9.55 Å². The molecule has 4 aliphatic carbocycles. The number of aromatic nitrogens is 2. The van der Waals surface area contributed by atoms with Crippen LogP contribution in [0.3, 0.4) is 0 Å². The molecule has 4 fully saturated rings. The first-order valence-corrected chi connectivity index (χ1v) is 8.07. The zero-order chi connectivity index (χ0) is 14.2. The van der Waals surface area contributed by atoms with Crippen molar-refractivity contribution in [3.63, 3.8) is 0 Å². The second kappa shape index (κ2) is 3.79. The molecule has 0 aliphatic heterocycles. The molecule has 3 nitrogen and oxygen atoms in total. The lowest BCUT2D eigenvalue weighted by Crippen LogP contribution is -2.52. The Morgan fingerprint density at radius 2 is 1.71 bits per heavy atom. The summed E-state index contributed by atoms with van der Waals surface area (Å²) < 4.78 is 16.2. The highest BCUT2D eigenvalue weighted by atomic mass is 19.1. The van der Waals surface area contributed by atoms with Crippen molar-refractivity contribution in [2.75, 3.05) is 5.73 Å². The van der Waals surface area contributed by atoms with Crippen molar-refractivity contribution in [3.8, 4) is 0 Å². The summed E-state index contributed by atoms with van der Waals surface area (Å²) >= 11 is 0. The van der Waals surface area contributed by atoms with E-state index in [9.17, 15) is 4.39 Å². The fraction of sp³-hybridized carbons (Fsp3) is 0.588. The summed E-state index contributed by atoms with van der Waals surface area (Å²) in [5.41, 5.74) is 7.65. The van der Waals surface area contributed by atoms with Gasteiger partial charge in [-0.15, -0.1) is 0 Å². The second-order valence-electron chi connectivity index (χ2n) is 7.55. The highest BCUT2D eigenvalue weighted by Crippen LogP contribution is 2.59. The normalized spacial score (nSPS) is 37.5. The van der Waals surface area contributed by atoms with Gasteiger partial charge in [-0.25, -0.2) is 9.37 Å². The molecule has 0 spiro atoms. The minimum Gasteiger partial charge on any atom is -0.369 e. The Kier molecular flexibility index (Phi) is 2.17. The van der Waals surface area contributed by atoms with Crippen LogP contribution in [0.5, 0.6) is 0 Å². The number of benzene rings is 1. The number of hydrogen-bond donors (Lipinski definition) is 1. The Morgan fingerprint density at radius 1 is 1.10 bits per heavy atom. The standard InChI is InChI=1S/C17H20FN3/c18-13-2-1-3-14-15(13)20-16(19)21(14)17-7-10-4-11(8-17)6-12(5-10)9-17/h1-3,10-12H,4-9H2,(H2,19,20). The van der Waals surface area contributed by atoms with Crippen LogP contribution in [0.1, 0.15) is 38.5 Å². The molecule has 0 saturated heterocycles. The molecule has 0 radical (unpaired) electrons. The van der Waals surface area contributed by atoms with Crippen LogP contribution >= 0.6 is 0 Å². The molecule has 4 aliphatic rings. The average Bonchev–Trinajstić information content (AvgIpc) is 2.75. The van der Waals surface area contributed by atoms with E-state index in [0.29, 0.717) is 11.5 Å². The molecule has 4 saturated carbocycles. The van der Waals surface area contributed by atoms with E-state index >= 15 is 0 Å². The first-order valence-electron chi connectivity index (χ1n) is 8.07. The molecule has 0 unspecified atom stereocenters. The molecule has 110 valence electrons. The molecule has 0 amide bonds. The fourth-order valence-electron chi connectivity index (χ4n) is 5.92. The number of nitrogen functional groups attached to an aromatic ring is 1. The Morgan fingerprint density at radius 3 is 2.33 bits per heavy atom. The average molecular weight is 285 g/mol. The molecule has 1 heterocycles. The maximum atomic E-state index is 14.0. The van der Waals surface area contributed by atoms with Crippen LogP contribution in [0.2, 0.25) is 0 Å². The van der Waals surface area contributed by atoms with Gasteiger partial charge in [-0.2, -0.15) is 0 Å². The van der Waals surface area contributed by atoms with Gasteiger partial charge >= 0.3 is 0 Å². The van der Waals surface area contributed by atoms with Gasteiger partial charge in [-0.3, -0.25) is 0 Å². The number of para-hydroxylation sites is 1. The summed E-state index contributed by atoms with van der Waals surface area (Å²) in [6.07, 6.45) is 7.77. The number of hydrogen-bond acceptors (Lipinski definition) is 2. The first-order chi connectivity index (χ1) is 10.1. The van der Waals surface area contributed by atoms with Crippen LogP contribution in [0.15, 0.2) is 18.2 Å². The van der Waals surface area contributed by atoms with E-state index in [4.69, 9.17) is 5.73 Å². The molecular weight excluding hydrogens is 265 g/mol. The Bertz CT molecular complexity index is 698. The van der Waals surface area contributed by atoms with Crippen LogP contribution in [0.25, 0.3) is 11.0 Å². The number of imidazole rings is 1. The minimum absolute atomic E-state index is 0.0986. The van der Waals surface area contributed by atoms with Crippen molar-refractivity contribution < 1.29 is 4.39 Å².